The molecule has 14 heavy (non-hydrogen) atoms. The van der Waals surface area contributed by atoms with Crippen LogP contribution in [0.15, 0.2) is 24.5 Å². The molecule has 3 heteroatoms. The zero-order valence-corrected chi connectivity index (χ0v) is 8.44. The fourth-order valence-electron chi connectivity index (χ4n) is 1.81. The maximum Gasteiger partial charge on any atom is 0.0566 e. The van der Waals surface area contributed by atoms with E-state index >= 15 is 0 Å². The van der Waals surface area contributed by atoms with Crippen molar-refractivity contribution in [3.05, 3.63) is 24.5 Å². The Morgan fingerprint density at radius 3 is 2.93 bits per heavy atom. The van der Waals surface area contributed by atoms with Crippen molar-refractivity contribution in [1.29, 1.82) is 0 Å². The van der Waals surface area contributed by atoms with Crippen LogP contribution in [0.1, 0.15) is 19.8 Å². The van der Waals surface area contributed by atoms with Crippen LogP contribution in [0, 0.1) is 0 Å². The second-order valence-corrected chi connectivity index (χ2v) is 3.78. The van der Waals surface area contributed by atoms with Gasteiger partial charge < -0.3 is 10.1 Å². The maximum absolute atomic E-state index is 5.49. The highest BCUT2D eigenvalue weighted by Crippen LogP contribution is 2.17. The lowest BCUT2D eigenvalue weighted by molar-refractivity contribution is 0.0232. The van der Waals surface area contributed by atoms with E-state index in [1.54, 1.807) is 0 Å². The van der Waals surface area contributed by atoms with Crippen LogP contribution >= 0.6 is 0 Å². The maximum atomic E-state index is 5.49. The highest BCUT2D eigenvalue weighted by atomic mass is 16.5. The molecule has 0 saturated carbocycles. The minimum absolute atomic E-state index is 0.378. The molecule has 3 nitrogen and oxygen atoms in total. The average molecular weight is 192 g/mol. The van der Waals surface area contributed by atoms with E-state index in [1.165, 1.54) is 0 Å². The van der Waals surface area contributed by atoms with Crippen molar-refractivity contribution < 1.29 is 4.74 Å². The third-order valence-corrected chi connectivity index (χ3v) is 2.54. The molecule has 1 aromatic rings. The van der Waals surface area contributed by atoms with Crippen molar-refractivity contribution in [2.24, 2.45) is 0 Å². The molecule has 1 fully saturated rings. The monoisotopic (exact) mass is 192 g/mol. The summed E-state index contributed by atoms with van der Waals surface area (Å²) in [6.45, 7) is 2.99. The zero-order valence-electron chi connectivity index (χ0n) is 8.44. The molecule has 1 saturated heterocycles. The van der Waals surface area contributed by atoms with Crippen LogP contribution in [0.3, 0.4) is 0 Å². The number of anilines is 1. The first-order chi connectivity index (χ1) is 6.84. The minimum Gasteiger partial charge on any atom is -0.382 e. The molecule has 0 aliphatic carbocycles. The summed E-state index contributed by atoms with van der Waals surface area (Å²) >= 11 is 0. The number of hydrogen-bond acceptors (Lipinski definition) is 3. The lowest BCUT2D eigenvalue weighted by Crippen LogP contribution is -2.32. The quantitative estimate of drug-likeness (QED) is 0.778. The molecule has 0 amide bonds. The van der Waals surface area contributed by atoms with Crippen molar-refractivity contribution in [3.63, 3.8) is 0 Å². The fraction of sp³-hybridized carbons (Fsp3) is 0.545. The standard InChI is InChI=1S/C11H16N2O/c1-9-8-11(4-7-14-9)13-10-2-5-12-6-3-10/h2-3,5-6,9,11H,4,7-8H2,1H3,(H,12,13). The second-order valence-electron chi connectivity index (χ2n) is 3.78. The van der Waals surface area contributed by atoms with Gasteiger partial charge in [-0.05, 0) is 31.9 Å². The van der Waals surface area contributed by atoms with Gasteiger partial charge in [0.1, 0.15) is 0 Å². The van der Waals surface area contributed by atoms with E-state index in [0.29, 0.717) is 12.1 Å². The predicted octanol–water partition coefficient (Wildman–Crippen LogP) is 2.06. The summed E-state index contributed by atoms with van der Waals surface area (Å²) < 4.78 is 5.49. The van der Waals surface area contributed by atoms with E-state index < -0.39 is 0 Å². The number of hydrogen-bond donors (Lipinski definition) is 1. The van der Waals surface area contributed by atoms with Gasteiger partial charge in [-0.3, -0.25) is 4.98 Å². The van der Waals surface area contributed by atoms with E-state index in [1.807, 2.05) is 24.5 Å². The molecule has 0 spiro atoms. The Hall–Kier alpha value is -1.09. The lowest BCUT2D eigenvalue weighted by atomic mass is 10.0. The van der Waals surface area contributed by atoms with Crippen LogP contribution in [0.25, 0.3) is 0 Å². The van der Waals surface area contributed by atoms with Gasteiger partial charge in [-0.1, -0.05) is 0 Å². The summed E-state index contributed by atoms with van der Waals surface area (Å²) in [6, 6.07) is 4.54. The third-order valence-electron chi connectivity index (χ3n) is 2.54. The number of pyridine rings is 1. The molecule has 1 aromatic heterocycles. The van der Waals surface area contributed by atoms with Crippen LogP contribution < -0.4 is 5.32 Å². The second kappa shape index (κ2) is 4.42. The van der Waals surface area contributed by atoms with Crippen LogP contribution in [0.2, 0.25) is 0 Å². The topological polar surface area (TPSA) is 34.2 Å². The van der Waals surface area contributed by atoms with Gasteiger partial charge in [0.05, 0.1) is 6.10 Å². The molecular weight excluding hydrogens is 176 g/mol. The molecule has 2 rings (SSSR count). The fourth-order valence-corrected chi connectivity index (χ4v) is 1.81. The number of rotatable bonds is 2. The molecule has 0 radical (unpaired) electrons. The highest BCUT2D eigenvalue weighted by Gasteiger charge is 2.18. The Morgan fingerprint density at radius 1 is 1.43 bits per heavy atom. The Kier molecular flexibility index (Phi) is 2.99. The van der Waals surface area contributed by atoms with Gasteiger partial charge in [0.25, 0.3) is 0 Å². The molecule has 2 atom stereocenters. The van der Waals surface area contributed by atoms with E-state index in [-0.39, 0.29) is 0 Å². The van der Waals surface area contributed by atoms with E-state index in [0.717, 1.165) is 25.1 Å². The van der Waals surface area contributed by atoms with Crippen LogP contribution in [-0.4, -0.2) is 23.7 Å². The number of nitrogens with one attached hydrogen (secondary N) is 1. The normalized spacial score (nSPS) is 27.2. The predicted molar refractivity (Wildman–Crippen MR) is 56.3 cm³/mol. The van der Waals surface area contributed by atoms with Gasteiger partial charge in [0.2, 0.25) is 0 Å². The first kappa shape index (κ1) is 9.46. The van der Waals surface area contributed by atoms with Crippen LogP contribution in [-0.2, 0) is 4.74 Å². The van der Waals surface area contributed by atoms with Gasteiger partial charge in [-0.15, -0.1) is 0 Å². The van der Waals surface area contributed by atoms with Crippen LogP contribution in [0.4, 0.5) is 5.69 Å². The molecule has 1 N–H and O–H groups in total. The molecule has 2 heterocycles. The van der Waals surface area contributed by atoms with E-state index in [9.17, 15) is 0 Å². The van der Waals surface area contributed by atoms with Crippen molar-refractivity contribution in [3.8, 4) is 0 Å². The largest absolute Gasteiger partial charge is 0.382 e. The Labute approximate surface area is 84.5 Å². The third kappa shape index (κ3) is 2.45. The zero-order chi connectivity index (χ0) is 9.80. The van der Waals surface area contributed by atoms with Gasteiger partial charge in [-0.25, -0.2) is 0 Å². The van der Waals surface area contributed by atoms with Crippen LogP contribution in [0.5, 0.6) is 0 Å². The van der Waals surface area contributed by atoms with Crippen molar-refractivity contribution >= 4 is 5.69 Å². The summed E-state index contributed by atoms with van der Waals surface area (Å²) in [5.41, 5.74) is 1.15. The molecule has 1 aliphatic rings. The van der Waals surface area contributed by atoms with Gasteiger partial charge >= 0.3 is 0 Å². The molecule has 0 bridgehead atoms. The first-order valence-electron chi connectivity index (χ1n) is 5.13. The van der Waals surface area contributed by atoms with Crippen molar-refractivity contribution in [2.75, 3.05) is 11.9 Å². The number of aromatic nitrogens is 1. The van der Waals surface area contributed by atoms with Crippen molar-refractivity contribution in [2.45, 2.75) is 31.9 Å². The lowest BCUT2D eigenvalue weighted by Gasteiger charge is -2.28. The number of nitrogens with zero attached hydrogens (tertiary/aromatic N) is 1. The van der Waals surface area contributed by atoms with E-state index in [4.69, 9.17) is 4.74 Å². The molecule has 1 aliphatic heterocycles. The molecule has 2 unspecified atom stereocenters. The molecule has 76 valence electrons. The summed E-state index contributed by atoms with van der Waals surface area (Å²) in [5, 5.41) is 3.49. The summed E-state index contributed by atoms with van der Waals surface area (Å²) in [7, 11) is 0. The highest BCUT2D eigenvalue weighted by molar-refractivity contribution is 5.41. The van der Waals surface area contributed by atoms with Gasteiger partial charge in [0.15, 0.2) is 0 Å². The van der Waals surface area contributed by atoms with Gasteiger partial charge in [0, 0.05) is 30.7 Å². The molecular formula is C11H16N2O. The molecule has 0 aromatic carbocycles. The Morgan fingerprint density at radius 2 is 2.21 bits per heavy atom. The minimum atomic E-state index is 0.378. The number of ether oxygens (including phenoxy) is 1. The van der Waals surface area contributed by atoms with Crippen molar-refractivity contribution in [1.82, 2.24) is 4.98 Å². The average Bonchev–Trinajstić information content (AvgIpc) is 2.19. The SMILES string of the molecule is CC1CC(Nc2ccncc2)CCO1. The first-order valence-corrected chi connectivity index (χ1v) is 5.13. The van der Waals surface area contributed by atoms with E-state index in [2.05, 4.69) is 17.2 Å². The Bertz CT molecular complexity index is 276. The summed E-state index contributed by atoms with van der Waals surface area (Å²) in [5.74, 6) is 0. The van der Waals surface area contributed by atoms with Gasteiger partial charge in [-0.2, -0.15) is 0 Å². The smallest absolute Gasteiger partial charge is 0.0566 e. The summed E-state index contributed by atoms with van der Waals surface area (Å²) in [4.78, 5) is 3.99. The Balaban J connectivity index is 1.91. The summed E-state index contributed by atoms with van der Waals surface area (Å²) in [6.07, 6.45) is 6.17.